The average molecular weight is 428 g/mol. The highest BCUT2D eigenvalue weighted by molar-refractivity contribution is 5.72. The number of benzene rings is 2. The zero-order valence-electron chi connectivity index (χ0n) is 17.2. The first kappa shape index (κ1) is 19.7. The first-order valence-electron chi connectivity index (χ1n) is 10.3. The van der Waals surface area contributed by atoms with Gasteiger partial charge < -0.3 is 14.3 Å². The molecular formula is C23H20N6O3. The quantitative estimate of drug-likeness (QED) is 0.347. The molecule has 3 heterocycles. The van der Waals surface area contributed by atoms with Crippen molar-refractivity contribution in [2.75, 3.05) is 36.0 Å². The van der Waals surface area contributed by atoms with Crippen molar-refractivity contribution in [1.82, 2.24) is 15.1 Å². The Morgan fingerprint density at radius 2 is 1.66 bits per heavy atom. The lowest BCUT2D eigenvalue weighted by Crippen LogP contribution is -2.46. The van der Waals surface area contributed by atoms with E-state index < -0.39 is 0 Å². The first-order chi connectivity index (χ1) is 15.7. The Morgan fingerprint density at radius 3 is 2.38 bits per heavy atom. The smallest absolute Gasteiger partial charge is 0.293 e. The summed E-state index contributed by atoms with van der Waals surface area (Å²) in [5, 5.41) is 15.8. The second-order valence-corrected chi connectivity index (χ2v) is 7.41. The Kier molecular flexibility index (Phi) is 5.20. The van der Waals surface area contributed by atoms with Gasteiger partial charge in [-0.1, -0.05) is 29.4 Å². The third-order valence-electron chi connectivity index (χ3n) is 5.48. The lowest BCUT2D eigenvalue weighted by atomic mass is 10.1. The van der Waals surface area contributed by atoms with Crippen LogP contribution >= 0.6 is 0 Å². The highest BCUT2D eigenvalue weighted by atomic mass is 16.6. The summed E-state index contributed by atoms with van der Waals surface area (Å²) in [6.45, 7) is 2.97. The number of piperazine rings is 1. The van der Waals surface area contributed by atoms with Gasteiger partial charge >= 0.3 is 0 Å². The SMILES string of the molecule is O=[N+]([O-])c1cc(-c2nc(-c3ccccn3)no2)ccc1N1CCN(c2ccccc2)CC1. The molecule has 1 aliphatic rings. The van der Waals surface area contributed by atoms with Crippen LogP contribution in [-0.2, 0) is 0 Å². The van der Waals surface area contributed by atoms with E-state index in [1.54, 1.807) is 30.5 Å². The molecule has 2 aromatic heterocycles. The zero-order chi connectivity index (χ0) is 21.9. The molecule has 0 saturated carbocycles. The molecule has 0 aliphatic carbocycles. The van der Waals surface area contributed by atoms with Crippen molar-refractivity contribution in [3.05, 3.63) is 83.0 Å². The van der Waals surface area contributed by atoms with Crippen LogP contribution in [-0.4, -0.2) is 46.2 Å². The van der Waals surface area contributed by atoms with Crippen molar-refractivity contribution in [3.63, 3.8) is 0 Å². The van der Waals surface area contributed by atoms with Gasteiger partial charge in [0.2, 0.25) is 5.82 Å². The van der Waals surface area contributed by atoms with Gasteiger partial charge in [-0.05, 0) is 36.4 Å². The van der Waals surface area contributed by atoms with Gasteiger partial charge in [0.1, 0.15) is 11.4 Å². The van der Waals surface area contributed by atoms with Crippen LogP contribution in [0.3, 0.4) is 0 Å². The van der Waals surface area contributed by atoms with E-state index in [1.165, 1.54) is 6.07 Å². The molecular weight excluding hydrogens is 408 g/mol. The van der Waals surface area contributed by atoms with E-state index >= 15 is 0 Å². The second kappa shape index (κ2) is 8.46. The summed E-state index contributed by atoms with van der Waals surface area (Å²) < 4.78 is 5.34. The number of rotatable bonds is 5. The predicted molar refractivity (Wildman–Crippen MR) is 120 cm³/mol. The van der Waals surface area contributed by atoms with Crippen molar-refractivity contribution in [2.24, 2.45) is 0 Å². The van der Waals surface area contributed by atoms with E-state index in [0.29, 0.717) is 35.9 Å². The number of nitro groups is 1. The van der Waals surface area contributed by atoms with Gasteiger partial charge in [-0.25, -0.2) is 0 Å². The van der Waals surface area contributed by atoms with Crippen molar-refractivity contribution < 1.29 is 9.45 Å². The summed E-state index contributed by atoms with van der Waals surface area (Å²) in [6.07, 6.45) is 1.64. The van der Waals surface area contributed by atoms with Crippen LogP contribution in [0.15, 0.2) is 77.4 Å². The molecule has 0 N–H and O–H groups in total. The van der Waals surface area contributed by atoms with Crippen molar-refractivity contribution in [2.45, 2.75) is 0 Å². The molecule has 1 aliphatic heterocycles. The summed E-state index contributed by atoms with van der Waals surface area (Å²) in [6, 6.07) is 20.6. The Balaban J connectivity index is 1.37. The van der Waals surface area contributed by atoms with E-state index in [0.717, 1.165) is 18.8 Å². The maximum atomic E-state index is 11.9. The highest BCUT2D eigenvalue weighted by Gasteiger charge is 2.25. The number of para-hydroxylation sites is 1. The summed E-state index contributed by atoms with van der Waals surface area (Å²) in [7, 11) is 0. The third kappa shape index (κ3) is 3.87. The van der Waals surface area contributed by atoms with Crippen LogP contribution in [0, 0.1) is 10.1 Å². The predicted octanol–water partition coefficient (Wildman–Crippen LogP) is 4.03. The monoisotopic (exact) mass is 428 g/mol. The molecule has 0 bridgehead atoms. The summed E-state index contributed by atoms with van der Waals surface area (Å²) >= 11 is 0. The molecule has 9 heteroatoms. The highest BCUT2D eigenvalue weighted by Crippen LogP contribution is 2.34. The number of aromatic nitrogens is 3. The molecule has 5 rings (SSSR count). The number of nitro benzene ring substituents is 1. The van der Waals surface area contributed by atoms with Crippen LogP contribution in [0.5, 0.6) is 0 Å². The minimum Gasteiger partial charge on any atom is -0.368 e. The number of pyridine rings is 1. The fraction of sp³-hybridized carbons (Fsp3) is 0.174. The van der Waals surface area contributed by atoms with Crippen molar-refractivity contribution in [3.8, 4) is 23.0 Å². The van der Waals surface area contributed by atoms with E-state index in [2.05, 4.69) is 37.1 Å². The molecule has 160 valence electrons. The molecule has 2 aromatic carbocycles. The summed E-state index contributed by atoms with van der Waals surface area (Å²) in [5.74, 6) is 0.554. The molecule has 4 aromatic rings. The minimum absolute atomic E-state index is 0.0215. The van der Waals surface area contributed by atoms with E-state index in [9.17, 15) is 10.1 Å². The molecule has 0 atom stereocenters. The van der Waals surface area contributed by atoms with E-state index in [1.807, 2.05) is 24.3 Å². The third-order valence-corrected chi connectivity index (χ3v) is 5.48. The standard InChI is InChI=1S/C23H20N6O3/c30-29(31)21-16-17(23-25-22(26-32-23)19-8-4-5-11-24-19)9-10-20(21)28-14-12-27(13-15-28)18-6-2-1-3-7-18/h1-11,16H,12-15H2. The second-order valence-electron chi connectivity index (χ2n) is 7.41. The van der Waals surface area contributed by atoms with Crippen LogP contribution < -0.4 is 9.80 Å². The maximum absolute atomic E-state index is 11.9. The number of anilines is 2. The molecule has 1 saturated heterocycles. The summed E-state index contributed by atoms with van der Waals surface area (Å²) in [5.41, 5.74) is 2.85. The number of hydrogen-bond donors (Lipinski definition) is 0. The van der Waals surface area contributed by atoms with Crippen LogP contribution in [0.4, 0.5) is 17.1 Å². The minimum atomic E-state index is -0.363. The fourth-order valence-electron chi connectivity index (χ4n) is 3.85. The normalized spacial score (nSPS) is 13.9. The first-order valence-corrected chi connectivity index (χ1v) is 10.3. The lowest BCUT2D eigenvalue weighted by Gasteiger charge is -2.37. The van der Waals surface area contributed by atoms with Gasteiger partial charge in [-0.15, -0.1) is 0 Å². The topological polar surface area (TPSA) is 101 Å². The Morgan fingerprint density at radius 1 is 0.906 bits per heavy atom. The molecule has 9 nitrogen and oxygen atoms in total. The zero-order valence-corrected chi connectivity index (χ0v) is 17.2. The molecule has 0 amide bonds. The van der Waals surface area contributed by atoms with Crippen molar-refractivity contribution in [1.29, 1.82) is 0 Å². The van der Waals surface area contributed by atoms with Crippen LogP contribution in [0.1, 0.15) is 0 Å². The number of nitrogens with zero attached hydrogens (tertiary/aromatic N) is 6. The molecule has 0 spiro atoms. The van der Waals surface area contributed by atoms with Gasteiger partial charge in [-0.2, -0.15) is 4.98 Å². The molecule has 32 heavy (non-hydrogen) atoms. The maximum Gasteiger partial charge on any atom is 0.293 e. The van der Waals surface area contributed by atoms with Gasteiger partial charge in [0.15, 0.2) is 0 Å². The molecule has 0 unspecified atom stereocenters. The Hall–Kier alpha value is -4.27. The van der Waals surface area contributed by atoms with Crippen LogP contribution in [0.25, 0.3) is 23.0 Å². The fourth-order valence-corrected chi connectivity index (χ4v) is 3.85. The Labute approximate surface area is 184 Å². The largest absolute Gasteiger partial charge is 0.368 e. The van der Waals surface area contributed by atoms with Gasteiger partial charge in [0.25, 0.3) is 11.6 Å². The molecule has 0 radical (unpaired) electrons. The van der Waals surface area contributed by atoms with Crippen LogP contribution in [0.2, 0.25) is 0 Å². The summed E-state index contributed by atoms with van der Waals surface area (Å²) in [4.78, 5) is 24.4. The van der Waals surface area contributed by atoms with Gasteiger partial charge in [-0.3, -0.25) is 15.1 Å². The van der Waals surface area contributed by atoms with Gasteiger partial charge in [0.05, 0.1) is 4.92 Å². The average Bonchev–Trinajstić information content (AvgIpc) is 3.35. The van der Waals surface area contributed by atoms with Crippen molar-refractivity contribution >= 4 is 17.1 Å². The number of hydrogen-bond acceptors (Lipinski definition) is 8. The lowest BCUT2D eigenvalue weighted by molar-refractivity contribution is -0.384. The molecule has 1 fully saturated rings. The van der Waals surface area contributed by atoms with E-state index in [-0.39, 0.29) is 16.5 Å². The Bertz CT molecular complexity index is 1220. The van der Waals surface area contributed by atoms with Gasteiger partial charge in [0, 0.05) is 49.7 Å². The van der Waals surface area contributed by atoms with E-state index in [4.69, 9.17) is 4.52 Å².